The summed E-state index contributed by atoms with van der Waals surface area (Å²) in [5.41, 5.74) is 0.487. The summed E-state index contributed by atoms with van der Waals surface area (Å²) in [4.78, 5) is 0. The van der Waals surface area contributed by atoms with Crippen molar-refractivity contribution in [1.82, 2.24) is 0 Å². The molecule has 2 N–H and O–H groups in total. The first-order valence-electron chi connectivity index (χ1n) is 5.74. The van der Waals surface area contributed by atoms with Crippen LogP contribution >= 0.6 is 0 Å². The van der Waals surface area contributed by atoms with Crippen LogP contribution in [0.4, 0.5) is 40.8 Å². The summed E-state index contributed by atoms with van der Waals surface area (Å²) < 4.78 is 113. The fraction of sp³-hybridized carbons (Fsp3) is 0.500. The molecule has 0 bridgehead atoms. The van der Waals surface area contributed by atoms with E-state index in [0.29, 0.717) is 0 Å². The molecule has 0 amide bonds. The molecule has 0 unspecified atom stereocenters. The van der Waals surface area contributed by atoms with E-state index in [4.69, 9.17) is 5.73 Å². The van der Waals surface area contributed by atoms with E-state index in [9.17, 15) is 35.1 Å². The monoisotopic (exact) mass is 335 g/mol. The normalized spacial score (nSPS) is 23.7. The van der Waals surface area contributed by atoms with Gasteiger partial charge in [0.05, 0.1) is 18.4 Å². The Kier molecular flexibility index (Phi) is 3.15. The Morgan fingerprint density at radius 3 is 1.82 bits per heavy atom. The summed E-state index contributed by atoms with van der Waals surface area (Å²) in [6.45, 7) is 1.07. The lowest BCUT2D eigenvalue weighted by Crippen LogP contribution is -2.64. The second kappa shape index (κ2) is 4.17. The molecular formula is C12H9F8NO. The zero-order chi connectivity index (χ0) is 17.3. The van der Waals surface area contributed by atoms with Crippen molar-refractivity contribution < 1.29 is 39.9 Å². The maximum Gasteiger partial charge on any atom is 0.383 e. The first-order valence-corrected chi connectivity index (χ1v) is 5.74. The van der Waals surface area contributed by atoms with E-state index < -0.39 is 46.3 Å². The van der Waals surface area contributed by atoms with Gasteiger partial charge in [-0.15, -0.1) is 0 Å². The second-order valence-electron chi connectivity index (χ2n) is 4.86. The average molecular weight is 335 g/mol. The number of halogens is 8. The van der Waals surface area contributed by atoms with Crippen molar-refractivity contribution >= 4 is 5.69 Å². The van der Waals surface area contributed by atoms with E-state index >= 15 is 0 Å². The van der Waals surface area contributed by atoms with E-state index in [1.165, 1.54) is 0 Å². The van der Waals surface area contributed by atoms with Gasteiger partial charge >= 0.3 is 23.7 Å². The van der Waals surface area contributed by atoms with Crippen molar-refractivity contribution in [3.05, 3.63) is 22.8 Å². The minimum atomic E-state index is -6.33. The number of nitrogens with two attached hydrogens (primary N) is 1. The number of hydrogen-bond donors (Lipinski definition) is 1. The zero-order valence-corrected chi connectivity index (χ0v) is 11.1. The second-order valence-corrected chi connectivity index (χ2v) is 4.86. The Balaban J connectivity index is 3.04. The summed E-state index contributed by atoms with van der Waals surface area (Å²) in [6.07, 6.45) is 0. The molecule has 1 aliphatic rings. The van der Waals surface area contributed by atoms with Gasteiger partial charge in [0, 0.05) is 5.56 Å². The van der Waals surface area contributed by atoms with Crippen molar-refractivity contribution in [3.63, 3.8) is 0 Å². The Bertz CT molecular complexity index is 641. The molecule has 1 aromatic rings. The highest BCUT2D eigenvalue weighted by Gasteiger charge is 2.85. The number of aryl methyl sites for hydroxylation is 1. The lowest BCUT2D eigenvalue weighted by Gasteiger charge is -2.43. The summed E-state index contributed by atoms with van der Waals surface area (Å²) in [5.74, 6) is -24.9. The van der Waals surface area contributed by atoms with Crippen LogP contribution in [-0.4, -0.2) is 19.0 Å². The molecule has 2 nitrogen and oxygen atoms in total. The zero-order valence-electron chi connectivity index (χ0n) is 11.1. The molecule has 0 atom stereocenters. The van der Waals surface area contributed by atoms with Crippen LogP contribution in [0, 0.1) is 6.92 Å². The van der Waals surface area contributed by atoms with Crippen LogP contribution in [0.5, 0.6) is 5.75 Å². The summed E-state index contributed by atoms with van der Waals surface area (Å²) >= 11 is 0. The van der Waals surface area contributed by atoms with Crippen LogP contribution in [-0.2, 0) is 11.8 Å². The molecule has 0 aromatic heterocycles. The molecule has 0 heterocycles. The number of hydrogen-bond acceptors (Lipinski definition) is 2. The number of fused-ring (bicyclic) bond motifs is 1. The molecular weight excluding hydrogens is 326 g/mol. The van der Waals surface area contributed by atoms with Gasteiger partial charge in [0.1, 0.15) is 0 Å². The van der Waals surface area contributed by atoms with Crippen molar-refractivity contribution in [2.24, 2.45) is 0 Å². The minimum absolute atomic E-state index is 0.240. The van der Waals surface area contributed by atoms with Gasteiger partial charge in [-0.1, -0.05) is 0 Å². The van der Waals surface area contributed by atoms with Gasteiger partial charge in [0.2, 0.25) is 0 Å². The summed E-state index contributed by atoms with van der Waals surface area (Å²) in [6, 6.07) is 0.240. The molecule has 10 heteroatoms. The minimum Gasteiger partial charge on any atom is -0.494 e. The van der Waals surface area contributed by atoms with Gasteiger partial charge < -0.3 is 10.5 Å². The highest BCUT2D eigenvalue weighted by molar-refractivity contribution is 5.67. The van der Waals surface area contributed by atoms with E-state index in [1.807, 2.05) is 0 Å². The quantitative estimate of drug-likeness (QED) is 0.621. The van der Waals surface area contributed by atoms with Crippen LogP contribution in [0.25, 0.3) is 0 Å². The third kappa shape index (κ3) is 1.55. The van der Waals surface area contributed by atoms with Crippen LogP contribution in [0.3, 0.4) is 0 Å². The van der Waals surface area contributed by atoms with E-state index in [1.54, 1.807) is 0 Å². The van der Waals surface area contributed by atoms with Crippen molar-refractivity contribution in [2.75, 3.05) is 12.8 Å². The Morgan fingerprint density at radius 2 is 1.36 bits per heavy atom. The third-order valence-corrected chi connectivity index (χ3v) is 3.57. The van der Waals surface area contributed by atoms with Gasteiger partial charge in [-0.2, -0.15) is 35.1 Å². The van der Waals surface area contributed by atoms with Crippen LogP contribution < -0.4 is 10.5 Å². The lowest BCUT2D eigenvalue weighted by atomic mass is 9.78. The standard InChI is InChI=1S/C12H9F8NO/c1-4-3-5-6(8(22-2)7(4)21)10(15,16)12(19,20)11(17,18)9(5,13)14/h3H,21H2,1-2H3. The van der Waals surface area contributed by atoms with Gasteiger partial charge in [-0.05, 0) is 18.6 Å². The molecule has 2 rings (SSSR count). The molecule has 0 fully saturated rings. The number of anilines is 1. The summed E-state index contributed by atoms with van der Waals surface area (Å²) in [5, 5.41) is 0. The predicted molar refractivity (Wildman–Crippen MR) is 59.8 cm³/mol. The van der Waals surface area contributed by atoms with Crippen molar-refractivity contribution in [2.45, 2.75) is 30.6 Å². The van der Waals surface area contributed by atoms with Crippen molar-refractivity contribution in [1.29, 1.82) is 0 Å². The van der Waals surface area contributed by atoms with Crippen LogP contribution in [0.15, 0.2) is 6.07 Å². The number of nitrogen functional groups attached to an aromatic ring is 1. The number of methoxy groups -OCH3 is 1. The molecule has 0 radical (unpaired) electrons. The molecule has 0 aliphatic heterocycles. The molecule has 1 aliphatic carbocycles. The van der Waals surface area contributed by atoms with E-state index in [-0.39, 0.29) is 11.6 Å². The Hall–Kier alpha value is -1.74. The smallest absolute Gasteiger partial charge is 0.383 e. The number of ether oxygens (including phenoxy) is 1. The van der Waals surface area contributed by atoms with Gasteiger partial charge in [-0.25, -0.2) is 0 Å². The van der Waals surface area contributed by atoms with E-state index in [0.717, 1.165) is 14.0 Å². The lowest BCUT2D eigenvalue weighted by molar-refractivity contribution is -0.386. The topological polar surface area (TPSA) is 35.2 Å². The van der Waals surface area contributed by atoms with Crippen molar-refractivity contribution in [3.8, 4) is 5.75 Å². The molecule has 0 spiro atoms. The number of rotatable bonds is 1. The molecule has 0 saturated carbocycles. The highest BCUT2D eigenvalue weighted by Crippen LogP contribution is 2.66. The molecule has 124 valence electrons. The maximum absolute atomic E-state index is 13.9. The molecule has 1 aromatic carbocycles. The SMILES string of the molecule is COc1c(N)c(C)cc2c1C(F)(F)C(F)(F)C(F)(F)C2(F)F. The van der Waals surface area contributed by atoms with Crippen LogP contribution in [0.1, 0.15) is 16.7 Å². The van der Waals surface area contributed by atoms with Gasteiger partial charge in [0.15, 0.2) is 5.75 Å². The largest absolute Gasteiger partial charge is 0.494 e. The predicted octanol–water partition coefficient (Wildman–Crippen LogP) is 4.05. The van der Waals surface area contributed by atoms with Gasteiger partial charge in [-0.3, -0.25) is 0 Å². The average Bonchev–Trinajstić information content (AvgIpc) is 2.38. The molecule has 22 heavy (non-hydrogen) atoms. The maximum atomic E-state index is 13.9. The number of benzene rings is 1. The van der Waals surface area contributed by atoms with Gasteiger partial charge in [0.25, 0.3) is 0 Å². The first-order chi connectivity index (χ1) is 9.75. The summed E-state index contributed by atoms with van der Waals surface area (Å²) in [7, 11) is 0.727. The Morgan fingerprint density at radius 1 is 0.909 bits per heavy atom. The highest BCUT2D eigenvalue weighted by atomic mass is 19.4. The first kappa shape index (κ1) is 16.6. The number of alkyl halides is 8. The van der Waals surface area contributed by atoms with Crippen LogP contribution in [0.2, 0.25) is 0 Å². The fourth-order valence-electron chi connectivity index (χ4n) is 2.29. The fourth-order valence-corrected chi connectivity index (χ4v) is 2.29. The van der Waals surface area contributed by atoms with E-state index in [2.05, 4.69) is 4.74 Å². The third-order valence-electron chi connectivity index (χ3n) is 3.57. The Labute approximate surface area is 118 Å². The molecule has 0 saturated heterocycles.